The maximum Gasteiger partial charge on any atom is 0.225 e. The molecule has 2 fully saturated rings. The number of ether oxygens (including phenoxy) is 2. The molecule has 1 atom stereocenters. The van der Waals surface area contributed by atoms with Crippen LogP contribution in [0.5, 0.6) is 0 Å². The van der Waals surface area contributed by atoms with Gasteiger partial charge in [-0.05, 0) is 25.5 Å². The smallest absolute Gasteiger partial charge is 0.225 e. The standard InChI is InChI=1S/C22H28N4O2/c1-17-2-4-18(5-3-17)13-25-7-6-22(15-25)16-28-14-19-12-23-21(24-20(19)22)26-8-10-27-11-9-26/h2-5,12H,6-11,13-16H2,1H3. The molecule has 1 spiro atoms. The average Bonchev–Trinajstić information content (AvgIpc) is 3.13. The number of likely N-dealkylation sites (tertiary alicyclic amines) is 1. The van der Waals surface area contributed by atoms with Crippen molar-refractivity contribution >= 4 is 5.95 Å². The Hall–Kier alpha value is -2.02. The van der Waals surface area contributed by atoms with E-state index in [4.69, 9.17) is 14.5 Å². The number of fused-ring (bicyclic) bond motifs is 2. The molecule has 3 aliphatic rings. The van der Waals surface area contributed by atoms with Crippen LogP contribution in [0.15, 0.2) is 30.5 Å². The summed E-state index contributed by atoms with van der Waals surface area (Å²) in [6.07, 6.45) is 3.07. The second-order valence-corrected chi connectivity index (χ2v) is 8.36. The lowest BCUT2D eigenvalue weighted by atomic mass is 9.80. The fraction of sp³-hybridized carbons (Fsp3) is 0.545. The van der Waals surface area contributed by atoms with Gasteiger partial charge < -0.3 is 14.4 Å². The van der Waals surface area contributed by atoms with E-state index in [2.05, 4.69) is 46.0 Å². The summed E-state index contributed by atoms with van der Waals surface area (Å²) in [5.41, 5.74) is 5.03. The lowest BCUT2D eigenvalue weighted by Gasteiger charge is -2.35. The van der Waals surface area contributed by atoms with Crippen LogP contribution in [-0.4, -0.2) is 60.9 Å². The van der Waals surface area contributed by atoms with Crippen molar-refractivity contribution < 1.29 is 9.47 Å². The SMILES string of the molecule is Cc1ccc(CN2CCC3(COCc4cnc(N5CCOCC5)nc43)C2)cc1. The molecule has 2 aromatic rings. The zero-order chi connectivity index (χ0) is 19.0. The van der Waals surface area contributed by atoms with Crippen LogP contribution in [0, 0.1) is 6.92 Å². The highest BCUT2D eigenvalue weighted by Gasteiger charge is 2.45. The normalized spacial score (nSPS) is 25.2. The number of aromatic nitrogens is 2. The summed E-state index contributed by atoms with van der Waals surface area (Å²) in [4.78, 5) is 14.5. The van der Waals surface area contributed by atoms with Crippen molar-refractivity contribution in [2.75, 3.05) is 50.9 Å². The van der Waals surface area contributed by atoms with Gasteiger partial charge in [-0.15, -0.1) is 0 Å². The van der Waals surface area contributed by atoms with E-state index < -0.39 is 0 Å². The molecule has 5 rings (SSSR count). The Morgan fingerprint density at radius 3 is 2.71 bits per heavy atom. The molecule has 1 unspecified atom stereocenters. The van der Waals surface area contributed by atoms with Crippen molar-refractivity contribution in [2.45, 2.75) is 31.9 Å². The maximum absolute atomic E-state index is 5.99. The van der Waals surface area contributed by atoms with Gasteiger partial charge >= 0.3 is 0 Å². The van der Waals surface area contributed by atoms with Crippen molar-refractivity contribution in [3.63, 3.8) is 0 Å². The topological polar surface area (TPSA) is 50.7 Å². The van der Waals surface area contributed by atoms with Gasteiger partial charge in [-0.1, -0.05) is 29.8 Å². The van der Waals surface area contributed by atoms with Gasteiger partial charge in [-0.2, -0.15) is 0 Å². The predicted octanol–water partition coefficient (Wildman–Crippen LogP) is 2.30. The molecule has 0 bridgehead atoms. The molecule has 1 aromatic heterocycles. The van der Waals surface area contributed by atoms with Gasteiger partial charge in [0.2, 0.25) is 5.95 Å². The van der Waals surface area contributed by atoms with Crippen LogP contribution < -0.4 is 4.90 Å². The Morgan fingerprint density at radius 2 is 1.89 bits per heavy atom. The molecule has 1 aromatic carbocycles. The first-order valence-corrected chi connectivity index (χ1v) is 10.3. The highest BCUT2D eigenvalue weighted by atomic mass is 16.5. The van der Waals surface area contributed by atoms with Crippen molar-refractivity contribution in [3.05, 3.63) is 52.8 Å². The molecular formula is C22H28N4O2. The third-order valence-electron chi connectivity index (χ3n) is 6.24. The first-order valence-electron chi connectivity index (χ1n) is 10.3. The fourth-order valence-electron chi connectivity index (χ4n) is 4.66. The van der Waals surface area contributed by atoms with Gasteiger partial charge in [0, 0.05) is 37.9 Å². The maximum atomic E-state index is 5.99. The summed E-state index contributed by atoms with van der Waals surface area (Å²) in [5, 5.41) is 0. The molecule has 0 saturated carbocycles. The fourth-order valence-corrected chi connectivity index (χ4v) is 4.66. The molecule has 0 amide bonds. The van der Waals surface area contributed by atoms with Gasteiger partial charge in [-0.3, -0.25) is 4.90 Å². The molecule has 148 valence electrons. The molecule has 0 aliphatic carbocycles. The second kappa shape index (κ2) is 7.43. The van der Waals surface area contributed by atoms with Crippen molar-refractivity contribution in [1.29, 1.82) is 0 Å². The summed E-state index contributed by atoms with van der Waals surface area (Å²) in [5.74, 6) is 0.848. The third kappa shape index (κ3) is 3.41. The van der Waals surface area contributed by atoms with E-state index in [-0.39, 0.29) is 5.41 Å². The molecule has 2 saturated heterocycles. The Balaban J connectivity index is 1.38. The van der Waals surface area contributed by atoms with Gasteiger partial charge in [0.1, 0.15) is 0 Å². The minimum atomic E-state index is -0.0116. The number of anilines is 1. The number of hydrogen-bond donors (Lipinski definition) is 0. The number of hydrogen-bond acceptors (Lipinski definition) is 6. The summed E-state index contributed by atoms with van der Waals surface area (Å²) in [6, 6.07) is 8.87. The first-order chi connectivity index (χ1) is 13.7. The number of nitrogens with zero attached hydrogens (tertiary/aromatic N) is 4. The monoisotopic (exact) mass is 380 g/mol. The lowest BCUT2D eigenvalue weighted by molar-refractivity contribution is 0.0502. The third-order valence-corrected chi connectivity index (χ3v) is 6.24. The molecule has 3 aliphatic heterocycles. The number of aryl methyl sites for hydroxylation is 1. The molecular weight excluding hydrogens is 352 g/mol. The Kier molecular flexibility index (Phi) is 4.78. The molecule has 0 radical (unpaired) electrons. The zero-order valence-corrected chi connectivity index (χ0v) is 16.6. The Bertz CT molecular complexity index is 835. The van der Waals surface area contributed by atoms with Crippen LogP contribution in [0.2, 0.25) is 0 Å². The highest BCUT2D eigenvalue weighted by molar-refractivity contribution is 5.39. The zero-order valence-electron chi connectivity index (χ0n) is 16.6. The summed E-state index contributed by atoms with van der Waals surface area (Å²) < 4.78 is 11.5. The van der Waals surface area contributed by atoms with E-state index in [1.165, 1.54) is 16.8 Å². The molecule has 6 nitrogen and oxygen atoms in total. The summed E-state index contributed by atoms with van der Waals surface area (Å²) in [7, 11) is 0. The number of morpholine rings is 1. The van der Waals surface area contributed by atoms with Crippen molar-refractivity contribution in [3.8, 4) is 0 Å². The molecule has 4 heterocycles. The van der Waals surface area contributed by atoms with Gasteiger partial charge in [0.05, 0.1) is 37.5 Å². The van der Waals surface area contributed by atoms with Gasteiger partial charge in [-0.25, -0.2) is 9.97 Å². The predicted molar refractivity (Wildman–Crippen MR) is 107 cm³/mol. The van der Waals surface area contributed by atoms with E-state index in [1.54, 1.807) is 0 Å². The van der Waals surface area contributed by atoms with Crippen molar-refractivity contribution in [1.82, 2.24) is 14.9 Å². The quantitative estimate of drug-likeness (QED) is 0.814. The largest absolute Gasteiger partial charge is 0.378 e. The van der Waals surface area contributed by atoms with Crippen molar-refractivity contribution in [2.24, 2.45) is 0 Å². The minimum absolute atomic E-state index is 0.0116. The van der Waals surface area contributed by atoms with Crippen LogP contribution in [0.1, 0.15) is 28.8 Å². The first kappa shape index (κ1) is 18.0. The average molecular weight is 380 g/mol. The molecule has 0 N–H and O–H groups in total. The summed E-state index contributed by atoms with van der Waals surface area (Å²) in [6.45, 7) is 9.79. The van der Waals surface area contributed by atoms with Gasteiger partial charge in [0.15, 0.2) is 0 Å². The number of rotatable bonds is 3. The molecule has 6 heteroatoms. The van der Waals surface area contributed by atoms with E-state index in [9.17, 15) is 0 Å². The van der Waals surface area contributed by atoms with Crippen LogP contribution >= 0.6 is 0 Å². The molecule has 28 heavy (non-hydrogen) atoms. The van der Waals surface area contributed by atoms with Crippen LogP contribution in [0.3, 0.4) is 0 Å². The van der Waals surface area contributed by atoms with E-state index in [1.807, 2.05) is 6.20 Å². The Morgan fingerprint density at radius 1 is 1.07 bits per heavy atom. The van der Waals surface area contributed by atoms with Crippen LogP contribution in [0.25, 0.3) is 0 Å². The van der Waals surface area contributed by atoms with E-state index >= 15 is 0 Å². The highest BCUT2D eigenvalue weighted by Crippen LogP contribution is 2.40. The number of benzene rings is 1. The van der Waals surface area contributed by atoms with E-state index in [0.29, 0.717) is 6.61 Å². The van der Waals surface area contributed by atoms with E-state index in [0.717, 1.165) is 70.5 Å². The minimum Gasteiger partial charge on any atom is -0.378 e. The Labute approximate surface area is 166 Å². The second-order valence-electron chi connectivity index (χ2n) is 8.36. The van der Waals surface area contributed by atoms with Gasteiger partial charge in [0.25, 0.3) is 0 Å². The van der Waals surface area contributed by atoms with Crippen LogP contribution in [-0.2, 0) is 28.0 Å². The lowest BCUT2D eigenvalue weighted by Crippen LogP contribution is -2.42. The van der Waals surface area contributed by atoms with Crippen LogP contribution in [0.4, 0.5) is 5.95 Å². The summed E-state index contributed by atoms with van der Waals surface area (Å²) >= 11 is 0.